The van der Waals surface area contributed by atoms with Crippen LogP contribution in [-0.4, -0.2) is 17.0 Å². The number of nitrogens with zero attached hydrogens (tertiary/aromatic N) is 2. The van der Waals surface area contributed by atoms with Crippen molar-refractivity contribution in [3.63, 3.8) is 0 Å². The Morgan fingerprint density at radius 2 is 1.80 bits per heavy atom. The largest absolute Gasteiger partial charge is 0.490 e. The molecule has 0 saturated heterocycles. The number of Topliss-reactive ketones (excluding diaryl/α,β-unsaturated/α-hetero) is 1. The first-order valence-electron chi connectivity index (χ1n) is 14.1. The molecule has 0 fully saturated rings. The molecule has 7 nitrogen and oxygen atoms in total. The van der Waals surface area contributed by atoms with Crippen molar-refractivity contribution >= 4 is 39.1 Å². The average molecular weight is 670 g/mol. The van der Waals surface area contributed by atoms with Crippen LogP contribution in [0.5, 0.6) is 11.5 Å². The van der Waals surface area contributed by atoms with Crippen LogP contribution < -0.4 is 24.4 Å². The number of ketones is 1. The third-order valence-corrected chi connectivity index (χ3v) is 8.74. The van der Waals surface area contributed by atoms with Crippen molar-refractivity contribution < 1.29 is 18.7 Å². The van der Waals surface area contributed by atoms with Gasteiger partial charge in [0, 0.05) is 21.3 Å². The van der Waals surface area contributed by atoms with Gasteiger partial charge in [-0.15, -0.1) is 0 Å². The normalized spacial score (nSPS) is 14.7. The zero-order chi connectivity index (χ0) is 30.8. The number of fused-ring (bicyclic) bond motifs is 1. The van der Waals surface area contributed by atoms with E-state index in [1.165, 1.54) is 18.3 Å². The fraction of sp³-hybridized carbons (Fsp3) is 0.171. The third-order valence-electron chi connectivity index (χ3n) is 7.23. The number of halogens is 1. The smallest absolute Gasteiger partial charge is 0.271 e. The molecule has 2 aromatic heterocycles. The molecule has 0 radical (unpaired) electrons. The van der Waals surface area contributed by atoms with Crippen molar-refractivity contribution in [3.8, 4) is 22.8 Å². The minimum Gasteiger partial charge on any atom is -0.490 e. The van der Waals surface area contributed by atoms with Gasteiger partial charge < -0.3 is 13.9 Å². The molecule has 0 saturated carbocycles. The maximum Gasteiger partial charge on any atom is 0.271 e. The van der Waals surface area contributed by atoms with E-state index < -0.39 is 6.04 Å². The van der Waals surface area contributed by atoms with Crippen LogP contribution in [0.15, 0.2) is 115 Å². The van der Waals surface area contributed by atoms with E-state index in [0.717, 1.165) is 21.2 Å². The Bertz CT molecular complexity index is 2060. The van der Waals surface area contributed by atoms with E-state index in [-0.39, 0.29) is 11.3 Å². The molecule has 0 N–H and O–H groups in total. The van der Waals surface area contributed by atoms with E-state index in [2.05, 4.69) is 20.9 Å². The topological polar surface area (TPSA) is 83.0 Å². The lowest BCUT2D eigenvalue weighted by Gasteiger charge is -2.22. The number of aromatic nitrogens is 1. The molecular weight excluding hydrogens is 640 g/mol. The number of hydrogen-bond acceptors (Lipinski definition) is 7. The highest BCUT2D eigenvalue weighted by Gasteiger charge is 2.33. The molecular formula is C35H29BrN2O5S. The summed E-state index contributed by atoms with van der Waals surface area (Å²) >= 11 is 4.73. The standard InChI is InChI=1S/C35H29BrN2O5S/c1-4-41-30-18-24(10-15-28(30)42-20-23-8-6-5-7-9-23)19-31-34(40)38-33(32(22(3)39)21(2)37-35(38)44-31)29-17-16-27(43-29)25-11-13-26(36)14-12-25/h5-19,33H,4,20H2,1-3H3/b31-19+/t33-/m1/s1. The summed E-state index contributed by atoms with van der Waals surface area (Å²) in [6.45, 7) is 6.07. The first-order valence-corrected chi connectivity index (χ1v) is 15.8. The summed E-state index contributed by atoms with van der Waals surface area (Å²) in [7, 11) is 0. The number of allylic oxidation sites excluding steroid dienone is 2. The molecule has 0 spiro atoms. The molecule has 222 valence electrons. The first-order chi connectivity index (χ1) is 21.3. The number of carbonyl (C=O) groups excluding carboxylic acids is 1. The van der Waals surface area contributed by atoms with E-state index >= 15 is 0 Å². The molecule has 0 aliphatic carbocycles. The Labute approximate surface area is 266 Å². The van der Waals surface area contributed by atoms with Gasteiger partial charge in [-0.25, -0.2) is 4.99 Å². The van der Waals surface area contributed by atoms with Crippen molar-refractivity contribution in [1.82, 2.24) is 4.57 Å². The highest BCUT2D eigenvalue weighted by Crippen LogP contribution is 2.34. The van der Waals surface area contributed by atoms with Crippen LogP contribution in [0.3, 0.4) is 0 Å². The van der Waals surface area contributed by atoms with Crippen LogP contribution in [0, 0.1) is 0 Å². The molecule has 0 amide bonds. The summed E-state index contributed by atoms with van der Waals surface area (Å²) in [5.41, 5.74) is 3.46. The molecule has 44 heavy (non-hydrogen) atoms. The molecule has 1 aliphatic heterocycles. The second-order valence-electron chi connectivity index (χ2n) is 10.3. The second kappa shape index (κ2) is 12.6. The third kappa shape index (κ3) is 5.98. The van der Waals surface area contributed by atoms with Gasteiger partial charge in [0.05, 0.1) is 11.1 Å². The van der Waals surface area contributed by atoms with Crippen LogP contribution in [0.4, 0.5) is 0 Å². The van der Waals surface area contributed by atoms with Crippen LogP contribution in [-0.2, 0) is 11.4 Å². The summed E-state index contributed by atoms with van der Waals surface area (Å²) in [5, 5.41) is 0. The number of rotatable bonds is 9. The molecule has 6 rings (SSSR count). The molecule has 0 bridgehead atoms. The summed E-state index contributed by atoms with van der Waals surface area (Å²) in [5.74, 6) is 2.18. The van der Waals surface area contributed by atoms with E-state index in [1.807, 2.05) is 97.9 Å². The van der Waals surface area contributed by atoms with Gasteiger partial charge in [0.25, 0.3) is 5.56 Å². The Morgan fingerprint density at radius 1 is 1.02 bits per heavy atom. The van der Waals surface area contributed by atoms with Crippen LogP contribution in [0.25, 0.3) is 17.4 Å². The molecule has 1 atom stereocenters. The van der Waals surface area contributed by atoms with Gasteiger partial charge in [-0.1, -0.05) is 75.8 Å². The van der Waals surface area contributed by atoms with Crippen molar-refractivity contribution in [1.29, 1.82) is 0 Å². The number of thiazole rings is 1. The molecule has 5 aromatic rings. The highest BCUT2D eigenvalue weighted by atomic mass is 79.9. The summed E-state index contributed by atoms with van der Waals surface area (Å²) in [4.78, 5) is 32.0. The zero-order valence-corrected chi connectivity index (χ0v) is 26.8. The van der Waals surface area contributed by atoms with Gasteiger partial charge in [0.15, 0.2) is 22.1 Å². The van der Waals surface area contributed by atoms with Gasteiger partial charge >= 0.3 is 0 Å². The summed E-state index contributed by atoms with van der Waals surface area (Å²) < 4.78 is 21.2. The number of benzene rings is 3. The van der Waals surface area contributed by atoms with E-state index in [0.29, 0.717) is 56.8 Å². The SMILES string of the molecule is CCOc1cc(/C=c2/sc3n(c2=O)[C@H](c2ccc(-c4ccc(Br)cc4)o2)C(C(C)=O)=C(C)N=3)ccc1OCc1ccccc1. The van der Waals surface area contributed by atoms with Gasteiger partial charge in [0.2, 0.25) is 0 Å². The van der Waals surface area contributed by atoms with Gasteiger partial charge in [-0.3, -0.25) is 14.2 Å². The van der Waals surface area contributed by atoms with Crippen molar-refractivity contribution in [2.24, 2.45) is 4.99 Å². The van der Waals surface area contributed by atoms with Crippen LogP contribution in [0.2, 0.25) is 0 Å². The maximum atomic E-state index is 14.0. The predicted octanol–water partition coefficient (Wildman–Crippen LogP) is 6.82. The summed E-state index contributed by atoms with van der Waals surface area (Å²) in [6.07, 6.45) is 1.81. The molecule has 0 unspecified atom stereocenters. The summed E-state index contributed by atoms with van der Waals surface area (Å²) in [6, 6.07) is 26.2. The lowest BCUT2D eigenvalue weighted by Crippen LogP contribution is -2.39. The number of furan rings is 1. The van der Waals surface area contributed by atoms with E-state index in [1.54, 1.807) is 11.5 Å². The predicted molar refractivity (Wildman–Crippen MR) is 175 cm³/mol. The van der Waals surface area contributed by atoms with Gasteiger partial charge in [-0.2, -0.15) is 0 Å². The molecule has 9 heteroatoms. The Hall–Kier alpha value is -4.47. The highest BCUT2D eigenvalue weighted by molar-refractivity contribution is 9.10. The Morgan fingerprint density at radius 3 is 2.52 bits per heavy atom. The van der Waals surface area contributed by atoms with Crippen molar-refractivity contribution in [3.05, 3.63) is 137 Å². The quantitative estimate of drug-likeness (QED) is 0.172. The average Bonchev–Trinajstić information content (AvgIpc) is 3.62. The minimum atomic E-state index is -0.733. The second-order valence-corrected chi connectivity index (χ2v) is 12.2. The zero-order valence-electron chi connectivity index (χ0n) is 24.4. The van der Waals surface area contributed by atoms with Crippen molar-refractivity contribution in [2.45, 2.75) is 33.4 Å². The van der Waals surface area contributed by atoms with E-state index in [4.69, 9.17) is 13.9 Å². The fourth-order valence-corrected chi connectivity index (χ4v) is 6.51. The lowest BCUT2D eigenvalue weighted by molar-refractivity contribution is -0.114. The Balaban J connectivity index is 1.39. The minimum absolute atomic E-state index is 0.167. The lowest BCUT2D eigenvalue weighted by atomic mass is 9.98. The number of carbonyl (C=O) groups is 1. The van der Waals surface area contributed by atoms with Crippen LogP contribution in [0.1, 0.15) is 43.7 Å². The van der Waals surface area contributed by atoms with Gasteiger partial charge in [0.1, 0.15) is 24.2 Å². The van der Waals surface area contributed by atoms with Gasteiger partial charge in [-0.05, 0) is 74.4 Å². The molecule has 3 aromatic carbocycles. The number of ether oxygens (including phenoxy) is 2. The molecule has 3 heterocycles. The fourth-order valence-electron chi connectivity index (χ4n) is 5.20. The van der Waals surface area contributed by atoms with E-state index in [9.17, 15) is 9.59 Å². The number of hydrogen-bond donors (Lipinski definition) is 0. The monoisotopic (exact) mass is 668 g/mol. The Kier molecular flexibility index (Phi) is 8.50. The first kappa shape index (κ1) is 29.6. The van der Waals surface area contributed by atoms with Crippen LogP contribution >= 0.6 is 27.3 Å². The van der Waals surface area contributed by atoms with Crippen molar-refractivity contribution in [2.75, 3.05) is 6.61 Å². The molecule has 1 aliphatic rings. The maximum absolute atomic E-state index is 14.0.